The number of nitro benzene ring substituents is 1. The van der Waals surface area contributed by atoms with Crippen molar-refractivity contribution in [2.45, 2.75) is 37.8 Å². The molecule has 1 amide bonds. The van der Waals surface area contributed by atoms with Gasteiger partial charge in [-0.3, -0.25) is 14.9 Å². The minimum Gasteiger partial charge on any atom is -0.480 e. The molecule has 23 heavy (non-hydrogen) atoms. The van der Waals surface area contributed by atoms with E-state index in [1.165, 1.54) is 28.8 Å². The summed E-state index contributed by atoms with van der Waals surface area (Å²) in [6, 6.07) is 3.51. The molecule has 1 heterocycles. The summed E-state index contributed by atoms with van der Waals surface area (Å²) in [4.78, 5) is 36.4. The van der Waals surface area contributed by atoms with Gasteiger partial charge in [-0.2, -0.15) is 0 Å². The second-order valence-electron chi connectivity index (χ2n) is 5.84. The fraction of sp³-hybridized carbons (Fsp3) is 0.467. The minimum absolute atomic E-state index is 0.0608. The van der Waals surface area contributed by atoms with Gasteiger partial charge in [-0.25, -0.2) is 4.79 Å². The van der Waals surface area contributed by atoms with E-state index < -0.39 is 16.9 Å². The van der Waals surface area contributed by atoms with Gasteiger partial charge < -0.3 is 10.0 Å². The molecule has 0 saturated carbocycles. The van der Waals surface area contributed by atoms with Crippen LogP contribution in [0.4, 0.5) is 5.69 Å². The standard InChI is InChI=1S/C15H18N2O5S/c1-9(2)5-12(15(19)20)16-7-10-6-11(17(21)22)3-4-13(10)23-8-14(16)18/h3-4,6,9,12H,5,7-8H2,1-2H3,(H,19,20). The third kappa shape index (κ3) is 4.01. The maximum absolute atomic E-state index is 12.3. The van der Waals surface area contributed by atoms with Gasteiger partial charge in [0.1, 0.15) is 6.04 Å². The van der Waals surface area contributed by atoms with Crippen LogP contribution in [0.2, 0.25) is 0 Å². The number of carboxylic acids is 1. The van der Waals surface area contributed by atoms with Crippen LogP contribution in [0, 0.1) is 16.0 Å². The van der Waals surface area contributed by atoms with Crippen LogP contribution in [0.5, 0.6) is 0 Å². The van der Waals surface area contributed by atoms with E-state index >= 15 is 0 Å². The first-order valence-electron chi connectivity index (χ1n) is 7.22. The van der Waals surface area contributed by atoms with Crippen LogP contribution in [0.3, 0.4) is 0 Å². The van der Waals surface area contributed by atoms with Crippen LogP contribution < -0.4 is 0 Å². The van der Waals surface area contributed by atoms with Crippen molar-refractivity contribution < 1.29 is 19.6 Å². The highest BCUT2D eigenvalue weighted by molar-refractivity contribution is 8.00. The quantitative estimate of drug-likeness (QED) is 0.654. The van der Waals surface area contributed by atoms with Gasteiger partial charge in [0.05, 0.1) is 10.7 Å². The Kier molecular flexibility index (Phi) is 5.25. The van der Waals surface area contributed by atoms with Crippen molar-refractivity contribution >= 4 is 29.3 Å². The van der Waals surface area contributed by atoms with Gasteiger partial charge in [-0.1, -0.05) is 13.8 Å². The van der Waals surface area contributed by atoms with Crippen molar-refractivity contribution in [2.75, 3.05) is 5.75 Å². The van der Waals surface area contributed by atoms with Crippen LogP contribution in [0.15, 0.2) is 23.1 Å². The van der Waals surface area contributed by atoms with E-state index in [9.17, 15) is 24.8 Å². The van der Waals surface area contributed by atoms with E-state index in [1.54, 1.807) is 6.07 Å². The normalized spacial score (nSPS) is 16.0. The molecular weight excluding hydrogens is 320 g/mol. The van der Waals surface area contributed by atoms with Gasteiger partial charge >= 0.3 is 5.97 Å². The zero-order valence-electron chi connectivity index (χ0n) is 12.9. The van der Waals surface area contributed by atoms with Crippen LogP contribution in [-0.4, -0.2) is 38.6 Å². The number of non-ortho nitro benzene ring substituents is 1. The molecule has 7 nitrogen and oxygen atoms in total. The number of aliphatic carboxylic acids is 1. The van der Waals surface area contributed by atoms with Crippen molar-refractivity contribution in [3.63, 3.8) is 0 Å². The number of benzene rings is 1. The molecule has 1 aliphatic rings. The average molecular weight is 338 g/mol. The van der Waals surface area contributed by atoms with Crippen molar-refractivity contribution in [3.05, 3.63) is 33.9 Å². The fourth-order valence-electron chi connectivity index (χ4n) is 2.53. The molecule has 1 aromatic rings. The SMILES string of the molecule is CC(C)CC(C(=O)O)N1Cc2cc([N+](=O)[O-])ccc2SCC1=O. The number of thioether (sulfide) groups is 1. The largest absolute Gasteiger partial charge is 0.480 e. The Balaban J connectivity index is 2.37. The molecule has 0 aromatic heterocycles. The molecule has 1 unspecified atom stereocenters. The van der Waals surface area contributed by atoms with Crippen molar-refractivity contribution in [2.24, 2.45) is 5.92 Å². The van der Waals surface area contributed by atoms with Crippen molar-refractivity contribution in [3.8, 4) is 0 Å². The zero-order valence-corrected chi connectivity index (χ0v) is 13.7. The molecule has 1 aliphatic heterocycles. The van der Waals surface area contributed by atoms with E-state index in [0.717, 1.165) is 4.90 Å². The molecule has 0 fully saturated rings. The maximum Gasteiger partial charge on any atom is 0.326 e. The topological polar surface area (TPSA) is 101 Å². The van der Waals surface area contributed by atoms with Gasteiger partial charge in [0, 0.05) is 23.6 Å². The fourth-order valence-corrected chi connectivity index (χ4v) is 3.45. The first-order valence-corrected chi connectivity index (χ1v) is 8.20. The zero-order chi connectivity index (χ0) is 17.1. The summed E-state index contributed by atoms with van der Waals surface area (Å²) in [6.45, 7) is 3.87. The second kappa shape index (κ2) is 6.99. The second-order valence-corrected chi connectivity index (χ2v) is 6.86. The molecule has 0 radical (unpaired) electrons. The summed E-state index contributed by atoms with van der Waals surface area (Å²) < 4.78 is 0. The van der Waals surface area contributed by atoms with Crippen LogP contribution in [-0.2, 0) is 16.1 Å². The van der Waals surface area contributed by atoms with Crippen LogP contribution in [0.25, 0.3) is 0 Å². The number of fused-ring (bicyclic) bond motifs is 1. The first kappa shape index (κ1) is 17.3. The maximum atomic E-state index is 12.3. The Morgan fingerprint density at radius 2 is 2.17 bits per heavy atom. The van der Waals surface area contributed by atoms with Gasteiger partial charge in [-0.15, -0.1) is 11.8 Å². The lowest BCUT2D eigenvalue weighted by atomic mass is 10.0. The molecule has 0 spiro atoms. The third-order valence-electron chi connectivity index (χ3n) is 3.62. The van der Waals surface area contributed by atoms with Crippen molar-refractivity contribution in [1.29, 1.82) is 0 Å². The summed E-state index contributed by atoms with van der Waals surface area (Å²) in [7, 11) is 0. The lowest BCUT2D eigenvalue weighted by molar-refractivity contribution is -0.385. The molecule has 2 rings (SSSR count). The number of nitro groups is 1. The molecule has 0 aliphatic carbocycles. The van der Waals surface area contributed by atoms with Crippen LogP contribution in [0.1, 0.15) is 25.8 Å². The predicted molar refractivity (Wildman–Crippen MR) is 85.2 cm³/mol. The van der Waals surface area contributed by atoms with E-state index in [2.05, 4.69) is 0 Å². The monoisotopic (exact) mass is 338 g/mol. The Labute approximate surface area is 137 Å². The number of hydrogen-bond acceptors (Lipinski definition) is 5. The number of hydrogen-bond donors (Lipinski definition) is 1. The summed E-state index contributed by atoms with van der Waals surface area (Å²) in [5, 5.41) is 20.4. The number of carboxylic acid groups (broad SMARTS) is 1. The Hall–Kier alpha value is -2.09. The molecule has 1 aromatic carbocycles. The van der Waals surface area contributed by atoms with Gasteiger partial charge in [0.15, 0.2) is 0 Å². The summed E-state index contributed by atoms with van der Waals surface area (Å²) in [5.41, 5.74) is 0.555. The molecule has 1 N–H and O–H groups in total. The van der Waals surface area contributed by atoms with E-state index in [4.69, 9.17) is 0 Å². The highest BCUT2D eigenvalue weighted by atomic mass is 32.2. The molecule has 1 atom stereocenters. The summed E-state index contributed by atoms with van der Waals surface area (Å²) in [6.07, 6.45) is 0.343. The number of carbonyl (C=O) groups excluding carboxylic acids is 1. The lowest BCUT2D eigenvalue weighted by Crippen LogP contribution is -2.45. The van der Waals surface area contributed by atoms with E-state index in [-0.39, 0.29) is 29.8 Å². The Morgan fingerprint density at radius 1 is 1.48 bits per heavy atom. The highest BCUT2D eigenvalue weighted by Gasteiger charge is 2.33. The number of amides is 1. The molecular formula is C15H18N2O5S. The average Bonchev–Trinajstić information content (AvgIpc) is 2.63. The number of rotatable bonds is 5. The first-order chi connectivity index (χ1) is 10.8. The number of carbonyl (C=O) groups is 2. The van der Waals surface area contributed by atoms with Gasteiger partial charge in [-0.05, 0) is 24.0 Å². The molecule has 0 saturated heterocycles. The molecule has 8 heteroatoms. The summed E-state index contributed by atoms with van der Waals surface area (Å²) in [5.74, 6) is -1.07. The van der Waals surface area contributed by atoms with E-state index in [1.807, 2.05) is 13.8 Å². The minimum atomic E-state index is -1.05. The smallest absolute Gasteiger partial charge is 0.326 e. The van der Waals surface area contributed by atoms with Crippen molar-refractivity contribution in [1.82, 2.24) is 4.90 Å². The predicted octanol–water partition coefficient (Wildman–Crippen LogP) is 2.53. The number of nitrogens with zero attached hydrogens (tertiary/aromatic N) is 2. The van der Waals surface area contributed by atoms with Crippen LogP contribution >= 0.6 is 11.8 Å². The lowest BCUT2D eigenvalue weighted by Gasteiger charge is -2.29. The highest BCUT2D eigenvalue weighted by Crippen LogP contribution is 2.32. The van der Waals surface area contributed by atoms with Gasteiger partial charge in [0.25, 0.3) is 5.69 Å². The Morgan fingerprint density at radius 3 is 2.74 bits per heavy atom. The Bertz CT molecular complexity index is 647. The molecule has 0 bridgehead atoms. The summed E-state index contributed by atoms with van der Waals surface area (Å²) >= 11 is 1.28. The van der Waals surface area contributed by atoms with E-state index in [0.29, 0.717) is 12.0 Å². The molecule has 124 valence electrons. The third-order valence-corrected chi connectivity index (χ3v) is 4.72. The van der Waals surface area contributed by atoms with Gasteiger partial charge in [0.2, 0.25) is 5.91 Å².